The van der Waals surface area contributed by atoms with Crippen molar-refractivity contribution in [2.75, 3.05) is 26.7 Å². The first-order chi connectivity index (χ1) is 12.2. The number of hydrogen-bond donors (Lipinski definition) is 1. The molecule has 3 heterocycles. The Balaban J connectivity index is 1.47. The van der Waals surface area contributed by atoms with E-state index in [-0.39, 0.29) is 11.8 Å². The van der Waals surface area contributed by atoms with Gasteiger partial charge in [0, 0.05) is 37.3 Å². The summed E-state index contributed by atoms with van der Waals surface area (Å²) in [5.74, 6) is 0.815. The third-order valence-corrected chi connectivity index (χ3v) is 5.52. The highest BCUT2D eigenvalue weighted by Gasteiger charge is 2.27. The van der Waals surface area contributed by atoms with Crippen molar-refractivity contribution in [3.05, 3.63) is 18.1 Å². The van der Waals surface area contributed by atoms with Crippen LogP contribution in [0.2, 0.25) is 0 Å². The predicted molar refractivity (Wildman–Crippen MR) is 95.1 cm³/mol. The number of carbonyl (C=O) groups excluding carboxylic acids is 1. The molecule has 1 atom stereocenters. The molecule has 2 fully saturated rings. The molecular formula is C18H26N6O. The monoisotopic (exact) mass is 342 g/mol. The quantitative estimate of drug-likeness (QED) is 0.892. The minimum Gasteiger partial charge on any atom is -0.354 e. The first-order valence-electron chi connectivity index (χ1n) is 9.36. The molecule has 0 aromatic carbocycles. The summed E-state index contributed by atoms with van der Waals surface area (Å²) >= 11 is 0. The highest BCUT2D eigenvalue weighted by Crippen LogP contribution is 2.29. The van der Waals surface area contributed by atoms with Crippen molar-refractivity contribution < 1.29 is 4.79 Å². The van der Waals surface area contributed by atoms with Crippen molar-refractivity contribution in [1.82, 2.24) is 30.0 Å². The zero-order valence-corrected chi connectivity index (χ0v) is 14.8. The summed E-state index contributed by atoms with van der Waals surface area (Å²) in [7, 11) is 2.14. The van der Waals surface area contributed by atoms with Crippen molar-refractivity contribution >= 4 is 17.1 Å². The predicted octanol–water partition coefficient (Wildman–Crippen LogP) is 1.55. The largest absolute Gasteiger partial charge is 0.354 e. The number of hydrogen-bond acceptors (Lipinski definition) is 5. The van der Waals surface area contributed by atoms with Crippen LogP contribution in [0, 0.1) is 5.92 Å². The first-order valence-corrected chi connectivity index (χ1v) is 9.36. The van der Waals surface area contributed by atoms with E-state index < -0.39 is 0 Å². The molecular weight excluding hydrogens is 316 g/mol. The fourth-order valence-corrected chi connectivity index (χ4v) is 4.13. The standard InChI is InChI=1S/C18H26N6O/c1-23-10-6-14(12-23)15-16-17(20-8-7-19-16)24(22-15)11-9-21-18(25)13-4-2-3-5-13/h7-8,13-14H,2-6,9-12H2,1H3,(H,21,25). The van der Waals surface area contributed by atoms with E-state index in [1.807, 2.05) is 4.68 Å². The van der Waals surface area contributed by atoms with Crippen LogP contribution >= 0.6 is 0 Å². The molecule has 1 aliphatic heterocycles. The molecule has 25 heavy (non-hydrogen) atoms. The third kappa shape index (κ3) is 3.38. The summed E-state index contributed by atoms with van der Waals surface area (Å²) in [4.78, 5) is 23.5. The fourth-order valence-electron chi connectivity index (χ4n) is 4.13. The van der Waals surface area contributed by atoms with Crippen molar-refractivity contribution in [3.63, 3.8) is 0 Å². The Kier molecular flexibility index (Phi) is 4.65. The summed E-state index contributed by atoms with van der Waals surface area (Å²) < 4.78 is 1.91. The van der Waals surface area contributed by atoms with E-state index in [2.05, 4.69) is 27.2 Å². The molecule has 1 aliphatic carbocycles. The lowest BCUT2D eigenvalue weighted by Crippen LogP contribution is -2.32. The van der Waals surface area contributed by atoms with Crippen LogP contribution < -0.4 is 5.32 Å². The van der Waals surface area contributed by atoms with Crippen LogP contribution in [0.5, 0.6) is 0 Å². The van der Waals surface area contributed by atoms with E-state index >= 15 is 0 Å². The Hall–Kier alpha value is -2.02. The number of aromatic nitrogens is 4. The number of amides is 1. The number of nitrogens with one attached hydrogen (secondary N) is 1. The van der Waals surface area contributed by atoms with Crippen molar-refractivity contribution in [2.24, 2.45) is 5.92 Å². The maximum Gasteiger partial charge on any atom is 0.223 e. The summed E-state index contributed by atoms with van der Waals surface area (Å²) in [6.45, 7) is 3.33. The van der Waals surface area contributed by atoms with E-state index in [1.165, 1.54) is 12.8 Å². The molecule has 2 aromatic rings. The Labute approximate surface area is 147 Å². The van der Waals surface area contributed by atoms with Gasteiger partial charge in [0.25, 0.3) is 0 Å². The highest BCUT2D eigenvalue weighted by molar-refractivity contribution is 5.78. The van der Waals surface area contributed by atoms with Crippen molar-refractivity contribution in [1.29, 1.82) is 0 Å². The van der Waals surface area contributed by atoms with E-state index in [0.717, 1.165) is 49.2 Å². The molecule has 0 radical (unpaired) electrons. The minimum absolute atomic E-state index is 0.192. The van der Waals surface area contributed by atoms with Gasteiger partial charge in [0.05, 0.1) is 12.2 Å². The van der Waals surface area contributed by atoms with Gasteiger partial charge in [-0.3, -0.25) is 4.79 Å². The normalized spacial score (nSPS) is 22.0. The maximum absolute atomic E-state index is 12.2. The average molecular weight is 342 g/mol. The van der Waals surface area contributed by atoms with Crippen LogP contribution in [0.15, 0.2) is 12.4 Å². The van der Waals surface area contributed by atoms with Gasteiger partial charge in [0.2, 0.25) is 5.91 Å². The van der Waals surface area contributed by atoms with Gasteiger partial charge in [-0.15, -0.1) is 0 Å². The molecule has 7 heteroatoms. The second-order valence-corrected chi connectivity index (χ2v) is 7.36. The fraction of sp³-hybridized carbons (Fsp3) is 0.667. The van der Waals surface area contributed by atoms with Gasteiger partial charge in [-0.25, -0.2) is 14.6 Å². The van der Waals surface area contributed by atoms with Gasteiger partial charge in [0.15, 0.2) is 5.65 Å². The Morgan fingerprint density at radius 2 is 2.04 bits per heavy atom. The van der Waals surface area contributed by atoms with Crippen LogP contribution in [0.4, 0.5) is 0 Å². The molecule has 1 amide bonds. The molecule has 0 spiro atoms. The van der Waals surface area contributed by atoms with E-state index in [0.29, 0.717) is 19.0 Å². The van der Waals surface area contributed by atoms with E-state index in [9.17, 15) is 4.79 Å². The van der Waals surface area contributed by atoms with Gasteiger partial charge in [-0.05, 0) is 32.9 Å². The molecule has 1 unspecified atom stereocenters. The van der Waals surface area contributed by atoms with Crippen LogP contribution in [-0.2, 0) is 11.3 Å². The number of likely N-dealkylation sites (N-methyl/N-ethyl adjacent to an activating group) is 1. The van der Waals surface area contributed by atoms with Crippen LogP contribution in [0.25, 0.3) is 11.2 Å². The summed E-state index contributed by atoms with van der Waals surface area (Å²) in [6, 6.07) is 0. The molecule has 1 N–H and O–H groups in total. The molecule has 1 saturated heterocycles. The number of nitrogens with zero attached hydrogens (tertiary/aromatic N) is 5. The lowest BCUT2D eigenvalue weighted by atomic mass is 10.0. The smallest absolute Gasteiger partial charge is 0.223 e. The molecule has 134 valence electrons. The molecule has 2 aromatic heterocycles. The number of carbonyl (C=O) groups is 1. The van der Waals surface area contributed by atoms with E-state index in [1.54, 1.807) is 12.4 Å². The van der Waals surface area contributed by atoms with Gasteiger partial charge < -0.3 is 10.2 Å². The van der Waals surface area contributed by atoms with Gasteiger partial charge in [-0.1, -0.05) is 12.8 Å². The van der Waals surface area contributed by atoms with Crippen LogP contribution in [0.1, 0.15) is 43.7 Å². The topological polar surface area (TPSA) is 75.9 Å². The molecule has 1 saturated carbocycles. The van der Waals surface area contributed by atoms with Crippen molar-refractivity contribution in [3.8, 4) is 0 Å². The highest BCUT2D eigenvalue weighted by atomic mass is 16.1. The molecule has 7 nitrogen and oxygen atoms in total. The Bertz CT molecular complexity index is 751. The number of likely N-dealkylation sites (tertiary alicyclic amines) is 1. The lowest BCUT2D eigenvalue weighted by molar-refractivity contribution is -0.124. The maximum atomic E-state index is 12.2. The molecule has 2 aliphatic rings. The Morgan fingerprint density at radius 3 is 2.80 bits per heavy atom. The average Bonchev–Trinajstić information content (AvgIpc) is 3.35. The van der Waals surface area contributed by atoms with Crippen LogP contribution in [-0.4, -0.2) is 57.2 Å². The summed E-state index contributed by atoms with van der Waals surface area (Å²) in [6.07, 6.45) is 8.97. The third-order valence-electron chi connectivity index (χ3n) is 5.52. The second-order valence-electron chi connectivity index (χ2n) is 7.36. The zero-order chi connectivity index (χ0) is 17.2. The number of rotatable bonds is 5. The first kappa shape index (κ1) is 16.4. The summed E-state index contributed by atoms with van der Waals surface area (Å²) in [5, 5.41) is 7.88. The SMILES string of the molecule is CN1CCC(c2nn(CCNC(=O)C3CCCC3)c3nccnc23)C1. The second kappa shape index (κ2) is 7.07. The van der Waals surface area contributed by atoms with E-state index in [4.69, 9.17) is 5.10 Å². The van der Waals surface area contributed by atoms with Gasteiger partial charge in [0.1, 0.15) is 5.52 Å². The molecule has 0 bridgehead atoms. The lowest BCUT2D eigenvalue weighted by Gasteiger charge is -2.10. The minimum atomic E-state index is 0.192. The van der Waals surface area contributed by atoms with Crippen molar-refractivity contribution in [2.45, 2.75) is 44.6 Å². The zero-order valence-electron chi connectivity index (χ0n) is 14.8. The Morgan fingerprint density at radius 1 is 1.24 bits per heavy atom. The number of fused-ring (bicyclic) bond motifs is 1. The summed E-state index contributed by atoms with van der Waals surface area (Å²) in [5.41, 5.74) is 2.78. The van der Waals surface area contributed by atoms with Gasteiger partial charge >= 0.3 is 0 Å². The molecule has 4 rings (SSSR count). The van der Waals surface area contributed by atoms with Gasteiger partial charge in [-0.2, -0.15) is 5.10 Å². The van der Waals surface area contributed by atoms with Crippen LogP contribution in [0.3, 0.4) is 0 Å².